The molecule has 1 saturated heterocycles. The molecule has 0 radical (unpaired) electrons. The maximum atomic E-state index is 6.94. The van der Waals surface area contributed by atoms with Crippen LogP contribution in [0.3, 0.4) is 0 Å². The van der Waals surface area contributed by atoms with E-state index >= 15 is 0 Å². The lowest BCUT2D eigenvalue weighted by Crippen LogP contribution is -2.30. The summed E-state index contributed by atoms with van der Waals surface area (Å²) in [5.74, 6) is 3.05. The molecule has 1 aromatic carbocycles. The van der Waals surface area contributed by atoms with E-state index in [0.29, 0.717) is 11.6 Å². The Morgan fingerprint density at radius 2 is 2.03 bits per heavy atom. The standard InChI is InChI=1S/C23H27N7O/c1-24-22-14-26-23(15-25-22)27-21-13-19(28-29-21)18-7-6-17(12-20(18)31-3)5-4-16-8-10-30(2)11-9-16/h6-7,12-16H,4-5,8-11H2,2-3H3,(H2,26,27,28,29). The number of nitrogens with zero attached hydrogens (tertiary/aromatic N) is 5. The summed E-state index contributed by atoms with van der Waals surface area (Å²) in [6.45, 7) is 9.36. The van der Waals surface area contributed by atoms with E-state index < -0.39 is 0 Å². The molecule has 3 aromatic rings. The van der Waals surface area contributed by atoms with Crippen molar-refractivity contribution in [3.63, 3.8) is 0 Å². The molecule has 0 atom stereocenters. The average Bonchev–Trinajstić information content (AvgIpc) is 3.27. The minimum atomic E-state index is 0.258. The second-order valence-corrected chi connectivity index (χ2v) is 7.98. The molecule has 0 unspecified atom stereocenters. The molecule has 2 N–H and O–H groups in total. The van der Waals surface area contributed by atoms with Crippen LogP contribution in [0, 0.1) is 12.5 Å². The van der Waals surface area contributed by atoms with E-state index in [4.69, 9.17) is 11.3 Å². The van der Waals surface area contributed by atoms with Gasteiger partial charge in [-0.15, -0.1) is 4.98 Å². The lowest BCUT2D eigenvalue weighted by atomic mass is 9.90. The molecule has 0 aliphatic carbocycles. The van der Waals surface area contributed by atoms with Crippen LogP contribution in [0.2, 0.25) is 0 Å². The van der Waals surface area contributed by atoms with Gasteiger partial charge in [0.25, 0.3) is 5.82 Å². The zero-order valence-electron chi connectivity index (χ0n) is 17.9. The van der Waals surface area contributed by atoms with Crippen LogP contribution in [0.1, 0.15) is 24.8 Å². The number of piperidine rings is 1. The summed E-state index contributed by atoms with van der Waals surface area (Å²) < 4.78 is 5.67. The highest BCUT2D eigenvalue weighted by atomic mass is 16.5. The van der Waals surface area contributed by atoms with Crippen molar-refractivity contribution in [1.82, 2.24) is 25.1 Å². The zero-order valence-corrected chi connectivity index (χ0v) is 17.9. The first-order valence-corrected chi connectivity index (χ1v) is 10.5. The van der Waals surface area contributed by atoms with E-state index in [1.54, 1.807) is 7.11 Å². The number of aryl methyl sites for hydroxylation is 1. The van der Waals surface area contributed by atoms with Crippen LogP contribution in [-0.4, -0.2) is 52.3 Å². The van der Waals surface area contributed by atoms with E-state index in [1.165, 1.54) is 50.3 Å². The molecule has 0 bridgehead atoms. The Morgan fingerprint density at radius 1 is 1.19 bits per heavy atom. The van der Waals surface area contributed by atoms with Gasteiger partial charge in [-0.05, 0) is 69.4 Å². The highest BCUT2D eigenvalue weighted by Gasteiger charge is 2.17. The maximum Gasteiger partial charge on any atom is 0.288 e. The predicted octanol–water partition coefficient (Wildman–Crippen LogP) is 4.44. The fourth-order valence-electron chi connectivity index (χ4n) is 3.93. The summed E-state index contributed by atoms with van der Waals surface area (Å²) in [5.41, 5.74) is 3.11. The van der Waals surface area contributed by atoms with Crippen LogP contribution in [0.4, 0.5) is 17.5 Å². The number of ether oxygens (including phenoxy) is 1. The largest absolute Gasteiger partial charge is 0.496 e. The van der Waals surface area contributed by atoms with Crippen LogP contribution in [-0.2, 0) is 6.42 Å². The first-order chi connectivity index (χ1) is 15.1. The Balaban J connectivity index is 1.42. The van der Waals surface area contributed by atoms with Crippen LogP contribution >= 0.6 is 0 Å². The van der Waals surface area contributed by atoms with Gasteiger partial charge in [0, 0.05) is 11.6 Å². The van der Waals surface area contributed by atoms with Gasteiger partial charge >= 0.3 is 0 Å². The summed E-state index contributed by atoms with van der Waals surface area (Å²) in [6, 6.07) is 8.30. The molecule has 1 aliphatic rings. The molecule has 8 nitrogen and oxygen atoms in total. The van der Waals surface area contributed by atoms with Crippen molar-refractivity contribution in [3.8, 4) is 17.0 Å². The van der Waals surface area contributed by atoms with E-state index in [1.807, 2.05) is 6.07 Å². The van der Waals surface area contributed by atoms with Gasteiger partial charge in [-0.1, -0.05) is 12.6 Å². The molecule has 31 heavy (non-hydrogen) atoms. The molecular weight excluding hydrogens is 390 g/mol. The first-order valence-electron chi connectivity index (χ1n) is 10.5. The summed E-state index contributed by atoms with van der Waals surface area (Å²) in [6.07, 6.45) is 7.82. The minimum absolute atomic E-state index is 0.258. The Hall–Kier alpha value is -3.44. The lowest BCUT2D eigenvalue weighted by molar-refractivity contribution is 0.212. The number of hydrogen-bond acceptors (Lipinski definition) is 6. The van der Waals surface area contributed by atoms with E-state index in [2.05, 4.69) is 60.5 Å². The van der Waals surface area contributed by atoms with Crippen LogP contribution < -0.4 is 10.1 Å². The van der Waals surface area contributed by atoms with E-state index in [-0.39, 0.29) is 5.82 Å². The van der Waals surface area contributed by atoms with Crippen molar-refractivity contribution in [2.45, 2.75) is 25.7 Å². The third-order valence-electron chi connectivity index (χ3n) is 5.82. The number of likely N-dealkylation sites (tertiary alicyclic amines) is 1. The first kappa shape index (κ1) is 20.8. The molecule has 0 amide bonds. The molecule has 0 saturated carbocycles. The second kappa shape index (κ2) is 9.58. The number of hydrogen-bond donors (Lipinski definition) is 2. The summed E-state index contributed by atoms with van der Waals surface area (Å²) in [7, 11) is 3.90. The van der Waals surface area contributed by atoms with Crippen molar-refractivity contribution in [1.29, 1.82) is 0 Å². The molecular formula is C23H27N7O. The molecule has 3 heterocycles. The van der Waals surface area contributed by atoms with Crippen molar-refractivity contribution >= 4 is 17.5 Å². The lowest BCUT2D eigenvalue weighted by Gasteiger charge is -2.28. The molecule has 0 spiro atoms. The number of methoxy groups -OCH3 is 1. The zero-order chi connectivity index (χ0) is 21.6. The third-order valence-corrected chi connectivity index (χ3v) is 5.82. The van der Waals surface area contributed by atoms with Gasteiger partial charge in [0.1, 0.15) is 5.75 Å². The monoisotopic (exact) mass is 417 g/mol. The summed E-state index contributed by atoms with van der Waals surface area (Å²) in [5, 5.41) is 10.5. The number of rotatable bonds is 7. The number of benzene rings is 1. The molecule has 160 valence electrons. The van der Waals surface area contributed by atoms with Gasteiger partial charge < -0.3 is 19.8 Å². The van der Waals surface area contributed by atoms with Gasteiger partial charge in [0.15, 0.2) is 17.8 Å². The number of H-pyrrole nitrogens is 1. The van der Waals surface area contributed by atoms with Crippen LogP contribution in [0.15, 0.2) is 36.7 Å². The average molecular weight is 418 g/mol. The Bertz CT molecular complexity index is 1050. The van der Waals surface area contributed by atoms with Crippen LogP contribution in [0.5, 0.6) is 5.75 Å². The smallest absolute Gasteiger partial charge is 0.288 e. The van der Waals surface area contributed by atoms with Gasteiger partial charge in [-0.2, -0.15) is 5.10 Å². The Morgan fingerprint density at radius 3 is 2.74 bits per heavy atom. The van der Waals surface area contributed by atoms with Crippen molar-refractivity contribution in [2.24, 2.45) is 5.92 Å². The number of aromatic nitrogens is 4. The van der Waals surface area contributed by atoms with Gasteiger partial charge in [0.2, 0.25) is 0 Å². The number of anilines is 2. The SMILES string of the molecule is [C-]#[N+]c1cnc(Nc2cc(-c3ccc(CCC4CCN(C)CC4)cc3OC)[nH]n2)cn1. The molecule has 8 heteroatoms. The number of aromatic amines is 1. The normalized spacial score (nSPS) is 14.9. The molecule has 4 rings (SSSR count). The Labute approximate surface area is 182 Å². The van der Waals surface area contributed by atoms with Gasteiger partial charge in [-0.3, -0.25) is 5.10 Å². The fraction of sp³-hybridized carbons (Fsp3) is 0.391. The van der Waals surface area contributed by atoms with Crippen molar-refractivity contribution in [3.05, 3.63) is 53.6 Å². The van der Waals surface area contributed by atoms with Gasteiger partial charge in [0.05, 0.1) is 19.0 Å². The highest BCUT2D eigenvalue weighted by Crippen LogP contribution is 2.32. The molecule has 1 fully saturated rings. The number of nitrogens with one attached hydrogen (secondary N) is 2. The summed E-state index contributed by atoms with van der Waals surface area (Å²) in [4.78, 5) is 13.8. The molecule has 1 aliphatic heterocycles. The van der Waals surface area contributed by atoms with E-state index in [0.717, 1.165) is 29.3 Å². The maximum absolute atomic E-state index is 6.94. The topological polar surface area (TPSA) is 83.3 Å². The quantitative estimate of drug-likeness (QED) is 0.553. The van der Waals surface area contributed by atoms with Crippen molar-refractivity contribution < 1.29 is 4.74 Å². The van der Waals surface area contributed by atoms with E-state index in [9.17, 15) is 0 Å². The minimum Gasteiger partial charge on any atom is -0.496 e. The summed E-state index contributed by atoms with van der Waals surface area (Å²) >= 11 is 0. The van der Waals surface area contributed by atoms with Crippen molar-refractivity contribution in [2.75, 3.05) is 32.6 Å². The fourth-order valence-corrected chi connectivity index (χ4v) is 3.93. The predicted molar refractivity (Wildman–Crippen MR) is 121 cm³/mol. The second-order valence-electron chi connectivity index (χ2n) is 7.98. The Kier molecular flexibility index (Phi) is 6.43. The van der Waals surface area contributed by atoms with Gasteiger partial charge in [-0.25, -0.2) is 4.98 Å². The van der Waals surface area contributed by atoms with Crippen LogP contribution in [0.25, 0.3) is 16.1 Å². The third kappa shape index (κ3) is 5.19. The highest BCUT2D eigenvalue weighted by molar-refractivity contribution is 5.71. The molecule has 2 aromatic heterocycles.